The summed E-state index contributed by atoms with van der Waals surface area (Å²) in [5.41, 5.74) is 8.32. The van der Waals surface area contributed by atoms with E-state index in [1.807, 2.05) is 11.2 Å². The highest BCUT2D eigenvalue weighted by atomic mass is 35.5. The number of anilines is 2. The van der Waals surface area contributed by atoms with Gasteiger partial charge in [0.15, 0.2) is 17.0 Å². The van der Waals surface area contributed by atoms with Crippen molar-refractivity contribution in [3.63, 3.8) is 0 Å². The number of likely N-dealkylation sites (tertiary alicyclic amines) is 1. The Hall–Kier alpha value is -2.69. The molecule has 12 heteroatoms. The zero-order chi connectivity index (χ0) is 26.1. The number of fused-ring (bicyclic) bond motifs is 1. The highest BCUT2D eigenvalue weighted by molar-refractivity contribution is 5.94. The first-order chi connectivity index (χ1) is 18.5. The summed E-state index contributed by atoms with van der Waals surface area (Å²) in [4.78, 5) is 29.3. The first kappa shape index (κ1) is 30.3. The monoisotopic (exact) mass is 592 g/mol. The number of piperidine rings is 1. The molecule has 0 atom stereocenters. The van der Waals surface area contributed by atoms with Crippen LogP contribution < -0.4 is 16.4 Å². The zero-order valence-electron chi connectivity index (χ0n) is 22.6. The fourth-order valence-electron chi connectivity index (χ4n) is 6.17. The van der Waals surface area contributed by atoms with E-state index in [1.165, 1.54) is 25.0 Å². The van der Waals surface area contributed by atoms with Crippen LogP contribution in [0.1, 0.15) is 80.6 Å². The number of rotatable bonds is 6. The summed E-state index contributed by atoms with van der Waals surface area (Å²) >= 11 is 0. The minimum atomic E-state index is -0.336. The van der Waals surface area contributed by atoms with Crippen molar-refractivity contribution in [2.75, 3.05) is 23.7 Å². The molecule has 4 N–H and O–H groups in total. The lowest BCUT2D eigenvalue weighted by atomic mass is 9.92. The maximum absolute atomic E-state index is 13.3. The number of nitrogens with two attached hydrogens (primary N) is 1. The van der Waals surface area contributed by atoms with E-state index < -0.39 is 0 Å². The molecule has 3 aliphatic rings. The molecule has 1 aliphatic heterocycles. The second-order valence-electron chi connectivity index (χ2n) is 11.1. The molecule has 0 unspecified atom stereocenters. The number of halogens is 3. The number of hydrogen-bond acceptors (Lipinski definition) is 7. The summed E-state index contributed by atoms with van der Waals surface area (Å²) in [7, 11) is 0. The molecule has 40 heavy (non-hydrogen) atoms. The van der Waals surface area contributed by atoms with E-state index in [-0.39, 0.29) is 42.6 Å². The lowest BCUT2D eigenvalue weighted by Gasteiger charge is -2.33. The Bertz CT molecular complexity index is 1270. The Balaban J connectivity index is 0.00000185. The molecule has 1 saturated heterocycles. The van der Waals surface area contributed by atoms with Gasteiger partial charge in [-0.2, -0.15) is 9.97 Å². The summed E-state index contributed by atoms with van der Waals surface area (Å²) < 4.78 is 15.5. The lowest BCUT2D eigenvalue weighted by molar-refractivity contribution is 0.0718. The fraction of sp³-hybridized carbons (Fsp3) is 0.571. The number of amides is 1. The second-order valence-corrected chi connectivity index (χ2v) is 11.1. The van der Waals surface area contributed by atoms with Gasteiger partial charge < -0.3 is 25.8 Å². The van der Waals surface area contributed by atoms with Crippen molar-refractivity contribution in [3.8, 4) is 0 Å². The normalized spacial score (nSPS) is 22.0. The van der Waals surface area contributed by atoms with Gasteiger partial charge in [-0.3, -0.25) is 4.79 Å². The van der Waals surface area contributed by atoms with Crippen molar-refractivity contribution < 1.29 is 9.18 Å². The van der Waals surface area contributed by atoms with Crippen molar-refractivity contribution in [2.45, 2.75) is 88.4 Å². The van der Waals surface area contributed by atoms with E-state index in [4.69, 9.17) is 20.7 Å². The highest BCUT2D eigenvalue weighted by Gasteiger charge is 2.27. The van der Waals surface area contributed by atoms with Gasteiger partial charge >= 0.3 is 0 Å². The van der Waals surface area contributed by atoms with Crippen molar-refractivity contribution in [1.82, 2.24) is 24.4 Å². The maximum Gasteiger partial charge on any atom is 0.253 e. The van der Waals surface area contributed by atoms with Gasteiger partial charge in [0.1, 0.15) is 5.82 Å². The van der Waals surface area contributed by atoms with E-state index in [0.29, 0.717) is 42.7 Å². The van der Waals surface area contributed by atoms with Crippen LogP contribution in [-0.4, -0.2) is 61.5 Å². The molecule has 6 rings (SSSR count). The second kappa shape index (κ2) is 13.3. The predicted molar refractivity (Wildman–Crippen MR) is 160 cm³/mol. The Morgan fingerprint density at radius 2 is 1.52 bits per heavy atom. The van der Waals surface area contributed by atoms with Gasteiger partial charge in [0.25, 0.3) is 5.91 Å². The van der Waals surface area contributed by atoms with Crippen LogP contribution in [-0.2, 0) is 0 Å². The summed E-state index contributed by atoms with van der Waals surface area (Å²) in [5, 5.41) is 7.23. The number of carbonyl (C=O) groups excluding carboxylic acids is 1. The van der Waals surface area contributed by atoms with Crippen LogP contribution >= 0.6 is 24.8 Å². The SMILES string of the molecule is Cl.Cl.NC1CCC(Nc2nc(NC3CCN(C(=O)c4ccc(F)cc4)CC3)c3ncn(C4CCCC4)c3n2)CC1. The minimum Gasteiger partial charge on any atom is -0.365 e. The quantitative estimate of drug-likeness (QED) is 0.355. The molecule has 1 aromatic carbocycles. The Morgan fingerprint density at radius 3 is 2.20 bits per heavy atom. The average molecular weight is 594 g/mol. The van der Waals surface area contributed by atoms with E-state index in [9.17, 15) is 9.18 Å². The molecule has 3 aromatic rings. The molecule has 2 aromatic heterocycles. The molecule has 2 aliphatic carbocycles. The number of benzene rings is 1. The molecule has 9 nitrogen and oxygen atoms in total. The molecular weight excluding hydrogens is 554 g/mol. The maximum atomic E-state index is 13.3. The Labute approximate surface area is 246 Å². The predicted octanol–water partition coefficient (Wildman–Crippen LogP) is 5.32. The number of nitrogens with zero attached hydrogens (tertiary/aromatic N) is 5. The number of hydrogen-bond donors (Lipinski definition) is 3. The smallest absolute Gasteiger partial charge is 0.253 e. The van der Waals surface area contributed by atoms with Crippen LogP contribution in [0.15, 0.2) is 30.6 Å². The van der Waals surface area contributed by atoms with Crippen molar-refractivity contribution in [1.29, 1.82) is 0 Å². The third kappa shape index (κ3) is 6.61. The first-order valence-corrected chi connectivity index (χ1v) is 14.1. The van der Waals surface area contributed by atoms with Crippen LogP contribution in [0.4, 0.5) is 16.2 Å². The molecule has 3 fully saturated rings. The van der Waals surface area contributed by atoms with Crippen LogP contribution in [0, 0.1) is 5.82 Å². The van der Waals surface area contributed by atoms with Gasteiger partial charge in [-0.05, 0) is 75.6 Å². The summed E-state index contributed by atoms with van der Waals surface area (Å²) in [6.07, 6.45) is 12.4. The summed E-state index contributed by atoms with van der Waals surface area (Å²) in [5.74, 6) is 1.01. The number of nitrogens with one attached hydrogen (secondary N) is 2. The third-order valence-corrected chi connectivity index (χ3v) is 8.46. The van der Waals surface area contributed by atoms with Gasteiger partial charge in [0.2, 0.25) is 5.95 Å². The van der Waals surface area contributed by atoms with E-state index >= 15 is 0 Å². The molecule has 0 bridgehead atoms. The Morgan fingerprint density at radius 1 is 0.875 bits per heavy atom. The molecule has 0 spiro atoms. The van der Waals surface area contributed by atoms with Crippen molar-refractivity contribution >= 4 is 53.7 Å². The fourth-order valence-corrected chi connectivity index (χ4v) is 6.17. The Kier molecular flexibility index (Phi) is 10.1. The average Bonchev–Trinajstić information content (AvgIpc) is 3.61. The van der Waals surface area contributed by atoms with Crippen molar-refractivity contribution in [3.05, 3.63) is 42.0 Å². The van der Waals surface area contributed by atoms with E-state index in [0.717, 1.165) is 68.3 Å². The van der Waals surface area contributed by atoms with Gasteiger partial charge in [-0.1, -0.05) is 12.8 Å². The van der Waals surface area contributed by atoms with Gasteiger partial charge in [-0.25, -0.2) is 9.37 Å². The van der Waals surface area contributed by atoms with Crippen LogP contribution in [0.25, 0.3) is 11.2 Å². The molecule has 0 radical (unpaired) electrons. The molecule has 218 valence electrons. The zero-order valence-corrected chi connectivity index (χ0v) is 24.2. The van der Waals surface area contributed by atoms with Gasteiger partial charge in [0, 0.05) is 42.8 Å². The highest BCUT2D eigenvalue weighted by Crippen LogP contribution is 2.34. The van der Waals surface area contributed by atoms with Crippen LogP contribution in [0.2, 0.25) is 0 Å². The van der Waals surface area contributed by atoms with Crippen molar-refractivity contribution in [2.24, 2.45) is 5.73 Å². The number of aromatic nitrogens is 4. The largest absolute Gasteiger partial charge is 0.365 e. The van der Waals surface area contributed by atoms with E-state index in [2.05, 4.69) is 15.2 Å². The third-order valence-electron chi connectivity index (χ3n) is 8.46. The van der Waals surface area contributed by atoms with Crippen LogP contribution in [0.3, 0.4) is 0 Å². The minimum absolute atomic E-state index is 0. The van der Waals surface area contributed by atoms with Gasteiger partial charge in [-0.15, -0.1) is 24.8 Å². The summed E-state index contributed by atoms with van der Waals surface area (Å²) in [6.45, 7) is 1.26. The lowest BCUT2D eigenvalue weighted by Crippen LogP contribution is -2.42. The number of carbonyl (C=O) groups is 1. The standard InChI is InChI=1S/C28H37FN8O.2ClH/c29-19-7-5-18(6-8-19)27(38)36-15-13-22(14-16-36)32-25-24-26(37(17-31-24)23-3-1-2-4-23)35-28(34-25)33-21-11-9-20(30)10-12-21;;/h5-8,17,20-23H,1-4,9-16,30H2,(H2,32,33,34,35);2*1H. The van der Waals surface area contributed by atoms with Crippen LogP contribution in [0.5, 0.6) is 0 Å². The summed E-state index contributed by atoms with van der Waals surface area (Å²) in [6, 6.07) is 6.98. The number of imidazole rings is 1. The molecular formula is C28H39Cl2FN8O. The van der Waals surface area contributed by atoms with Gasteiger partial charge in [0.05, 0.1) is 6.33 Å². The molecule has 1 amide bonds. The molecule has 2 saturated carbocycles. The topological polar surface area (TPSA) is 114 Å². The first-order valence-electron chi connectivity index (χ1n) is 14.1. The molecule has 3 heterocycles. The van der Waals surface area contributed by atoms with E-state index in [1.54, 1.807) is 12.1 Å².